The van der Waals surface area contributed by atoms with Crippen LogP contribution in [-0.4, -0.2) is 26.2 Å². The Balaban J connectivity index is 1.83. The van der Waals surface area contributed by atoms with E-state index in [1.54, 1.807) is 4.52 Å². The predicted molar refractivity (Wildman–Crippen MR) is 88.3 cm³/mol. The fraction of sp³-hybridized carbons (Fsp3) is 0.0588. The molecule has 118 valence electrons. The first-order chi connectivity index (χ1) is 11.7. The van der Waals surface area contributed by atoms with Crippen LogP contribution < -0.4 is 5.32 Å². The van der Waals surface area contributed by atoms with Crippen molar-refractivity contribution in [3.8, 4) is 22.8 Å². The zero-order chi connectivity index (χ0) is 16.5. The molecule has 0 bridgehead atoms. The number of carbonyl (C=O) groups excluding carboxylic acids is 1. The number of fused-ring (bicyclic) bond motifs is 1. The first kappa shape index (κ1) is 14.1. The van der Waals surface area contributed by atoms with Crippen LogP contribution in [-0.2, 0) is 4.79 Å². The molecule has 0 fully saturated rings. The topological polar surface area (TPSA) is 85.3 Å². The summed E-state index contributed by atoms with van der Waals surface area (Å²) in [6.45, 7) is 1.87. The molecule has 0 aliphatic rings. The summed E-state index contributed by atoms with van der Waals surface area (Å²) in [5.41, 5.74) is 2.94. The second-order valence-corrected chi connectivity index (χ2v) is 5.27. The van der Waals surface area contributed by atoms with Crippen LogP contribution in [0.1, 0.15) is 5.76 Å². The van der Waals surface area contributed by atoms with E-state index in [0.29, 0.717) is 29.3 Å². The summed E-state index contributed by atoms with van der Waals surface area (Å²) in [6, 6.07) is 14.9. The molecule has 1 amide bonds. The molecule has 0 radical (unpaired) electrons. The third kappa shape index (κ3) is 2.41. The molecule has 7 nitrogen and oxygen atoms in total. The van der Waals surface area contributed by atoms with Crippen LogP contribution in [0.4, 0.5) is 5.69 Å². The van der Waals surface area contributed by atoms with Gasteiger partial charge in [-0.2, -0.15) is 9.61 Å². The van der Waals surface area contributed by atoms with Gasteiger partial charge in [-0.05, 0) is 43.3 Å². The normalized spacial score (nSPS) is 10.9. The molecule has 4 rings (SSSR count). The molecular weight excluding hydrogens is 306 g/mol. The van der Waals surface area contributed by atoms with Crippen molar-refractivity contribution in [3.63, 3.8) is 0 Å². The lowest BCUT2D eigenvalue weighted by Gasteiger charge is -2.05. The molecule has 24 heavy (non-hydrogen) atoms. The number of hydrogen-bond acceptors (Lipinski definition) is 5. The number of aromatic nitrogens is 4. The van der Waals surface area contributed by atoms with Gasteiger partial charge in [-0.15, -0.1) is 10.2 Å². The Hall–Kier alpha value is -3.48. The molecule has 0 saturated heterocycles. The first-order valence-corrected chi connectivity index (χ1v) is 7.34. The molecule has 3 heterocycles. The number of hydrogen-bond donors (Lipinski definition) is 1. The van der Waals surface area contributed by atoms with E-state index >= 15 is 0 Å². The highest BCUT2D eigenvalue weighted by Crippen LogP contribution is 2.24. The maximum atomic E-state index is 10.6. The molecule has 7 heteroatoms. The number of amides is 1. The highest BCUT2D eigenvalue weighted by molar-refractivity contribution is 5.75. The first-order valence-electron chi connectivity index (χ1n) is 7.34. The molecule has 0 atom stereocenters. The molecule has 0 aliphatic carbocycles. The number of nitrogens with zero attached hydrogens (tertiary/aromatic N) is 4. The zero-order valence-electron chi connectivity index (χ0n) is 12.8. The summed E-state index contributed by atoms with van der Waals surface area (Å²) < 4.78 is 7.27. The lowest BCUT2D eigenvalue weighted by molar-refractivity contribution is -0.105. The van der Waals surface area contributed by atoms with E-state index in [1.165, 1.54) is 0 Å². The van der Waals surface area contributed by atoms with Gasteiger partial charge in [0.15, 0.2) is 11.4 Å². The van der Waals surface area contributed by atoms with Gasteiger partial charge in [-0.3, -0.25) is 4.79 Å². The van der Waals surface area contributed by atoms with Gasteiger partial charge in [-0.1, -0.05) is 12.1 Å². The molecule has 0 spiro atoms. The number of anilines is 1. The Labute approximate surface area is 136 Å². The van der Waals surface area contributed by atoms with Crippen LogP contribution >= 0.6 is 0 Å². The van der Waals surface area contributed by atoms with Gasteiger partial charge in [0.1, 0.15) is 5.76 Å². The van der Waals surface area contributed by atoms with E-state index in [0.717, 1.165) is 17.0 Å². The monoisotopic (exact) mass is 319 g/mol. The van der Waals surface area contributed by atoms with Crippen LogP contribution in [0, 0.1) is 6.92 Å². The third-order valence-corrected chi connectivity index (χ3v) is 3.61. The van der Waals surface area contributed by atoms with Crippen molar-refractivity contribution in [1.82, 2.24) is 19.8 Å². The van der Waals surface area contributed by atoms with Gasteiger partial charge in [0, 0.05) is 11.3 Å². The van der Waals surface area contributed by atoms with Crippen molar-refractivity contribution < 1.29 is 9.21 Å². The largest absolute Gasteiger partial charge is 0.458 e. The minimum atomic E-state index is 0.544. The van der Waals surface area contributed by atoms with E-state index in [-0.39, 0.29) is 0 Å². The molecule has 1 N–H and O–H groups in total. The molecule has 3 aromatic heterocycles. The van der Waals surface area contributed by atoms with Crippen molar-refractivity contribution in [2.45, 2.75) is 6.92 Å². The van der Waals surface area contributed by atoms with Crippen LogP contribution in [0.2, 0.25) is 0 Å². The minimum Gasteiger partial charge on any atom is -0.458 e. The van der Waals surface area contributed by atoms with Crippen LogP contribution in [0.3, 0.4) is 0 Å². The highest BCUT2D eigenvalue weighted by atomic mass is 16.3. The SMILES string of the molecule is Cc1ccc(-c2nnc3ccc(-c4cccc(NC=O)c4)nn23)o1. The second-order valence-electron chi connectivity index (χ2n) is 5.27. The maximum Gasteiger partial charge on any atom is 0.220 e. The van der Waals surface area contributed by atoms with Crippen molar-refractivity contribution in [2.24, 2.45) is 0 Å². The molecule has 0 unspecified atom stereocenters. The summed E-state index contributed by atoms with van der Waals surface area (Å²) in [5.74, 6) is 1.95. The van der Waals surface area contributed by atoms with E-state index < -0.39 is 0 Å². The number of aryl methyl sites for hydroxylation is 1. The van der Waals surface area contributed by atoms with Gasteiger partial charge < -0.3 is 9.73 Å². The van der Waals surface area contributed by atoms with Crippen LogP contribution in [0.15, 0.2) is 52.9 Å². The number of carbonyl (C=O) groups is 1. The fourth-order valence-corrected chi connectivity index (χ4v) is 2.49. The van der Waals surface area contributed by atoms with Gasteiger partial charge in [0.25, 0.3) is 0 Å². The average molecular weight is 319 g/mol. The Kier molecular flexibility index (Phi) is 3.31. The van der Waals surface area contributed by atoms with E-state index in [9.17, 15) is 4.79 Å². The summed E-state index contributed by atoms with van der Waals surface area (Å²) >= 11 is 0. The Morgan fingerprint density at radius 3 is 2.83 bits per heavy atom. The molecule has 1 aromatic carbocycles. The number of benzene rings is 1. The lowest BCUT2D eigenvalue weighted by atomic mass is 10.1. The molecular formula is C17H13N5O2. The molecule has 4 aromatic rings. The Morgan fingerprint density at radius 2 is 2.04 bits per heavy atom. The van der Waals surface area contributed by atoms with Crippen LogP contribution in [0.25, 0.3) is 28.5 Å². The van der Waals surface area contributed by atoms with E-state index in [4.69, 9.17) is 4.42 Å². The number of rotatable bonds is 4. The highest BCUT2D eigenvalue weighted by Gasteiger charge is 2.13. The summed E-state index contributed by atoms with van der Waals surface area (Å²) in [6.07, 6.45) is 0.646. The van der Waals surface area contributed by atoms with Crippen molar-refractivity contribution >= 4 is 17.7 Å². The van der Waals surface area contributed by atoms with Gasteiger partial charge >= 0.3 is 0 Å². The Bertz CT molecular complexity index is 1030. The van der Waals surface area contributed by atoms with E-state index in [1.807, 2.05) is 55.5 Å². The summed E-state index contributed by atoms with van der Waals surface area (Å²) in [5, 5.41) is 15.5. The van der Waals surface area contributed by atoms with Gasteiger partial charge in [0.2, 0.25) is 12.2 Å². The van der Waals surface area contributed by atoms with E-state index in [2.05, 4.69) is 20.6 Å². The van der Waals surface area contributed by atoms with Crippen molar-refractivity contribution in [3.05, 3.63) is 54.3 Å². The second kappa shape index (κ2) is 5.62. The quantitative estimate of drug-likeness (QED) is 0.585. The molecule has 0 aliphatic heterocycles. The van der Waals surface area contributed by atoms with Crippen LogP contribution in [0.5, 0.6) is 0 Å². The molecule has 0 saturated carbocycles. The minimum absolute atomic E-state index is 0.544. The zero-order valence-corrected chi connectivity index (χ0v) is 12.8. The van der Waals surface area contributed by atoms with Crippen molar-refractivity contribution in [1.29, 1.82) is 0 Å². The number of nitrogens with one attached hydrogen (secondary N) is 1. The maximum absolute atomic E-state index is 10.6. The van der Waals surface area contributed by atoms with Gasteiger partial charge in [0.05, 0.1) is 5.69 Å². The average Bonchev–Trinajstić information content (AvgIpc) is 3.20. The summed E-state index contributed by atoms with van der Waals surface area (Å²) in [4.78, 5) is 10.6. The van der Waals surface area contributed by atoms with Crippen molar-refractivity contribution in [2.75, 3.05) is 5.32 Å². The third-order valence-electron chi connectivity index (χ3n) is 3.61. The predicted octanol–water partition coefficient (Wildman–Crippen LogP) is 2.93. The standard InChI is InChI=1S/C17H13N5O2/c1-11-5-7-15(24-11)17-20-19-16-8-6-14(21-22(16)17)12-3-2-4-13(9-12)18-10-23/h2-10H,1H3,(H,18,23). The number of furan rings is 1. The van der Waals surface area contributed by atoms with Gasteiger partial charge in [-0.25, -0.2) is 0 Å². The fourth-order valence-electron chi connectivity index (χ4n) is 2.49. The smallest absolute Gasteiger partial charge is 0.220 e. The lowest BCUT2D eigenvalue weighted by Crippen LogP contribution is -1.98. The Morgan fingerprint density at radius 1 is 1.12 bits per heavy atom. The summed E-state index contributed by atoms with van der Waals surface area (Å²) in [7, 11) is 0.